The molecule has 2 N–H and O–H groups in total. The van der Waals surface area contributed by atoms with Crippen LogP contribution >= 0.6 is 0 Å². The third kappa shape index (κ3) is 3.89. The van der Waals surface area contributed by atoms with E-state index in [1.807, 2.05) is 0 Å². The number of amides is 3. The summed E-state index contributed by atoms with van der Waals surface area (Å²) in [5, 5.41) is 5.29. The molecular weight excluding hydrogens is 314 g/mol. The molecule has 1 fully saturated rings. The van der Waals surface area contributed by atoms with Crippen LogP contribution in [0.1, 0.15) is 23.7 Å². The summed E-state index contributed by atoms with van der Waals surface area (Å²) in [6.45, 7) is 1.63. The predicted octanol–water partition coefficient (Wildman–Crippen LogP) is 0.147. The number of likely N-dealkylation sites (tertiary alicyclic amines) is 1. The molecule has 8 nitrogen and oxygen atoms in total. The minimum absolute atomic E-state index is 0.244. The van der Waals surface area contributed by atoms with Crippen LogP contribution in [0.4, 0.5) is 5.69 Å². The second-order valence-corrected chi connectivity index (χ2v) is 5.46. The molecule has 0 bridgehead atoms. The van der Waals surface area contributed by atoms with Gasteiger partial charge in [0.1, 0.15) is 6.04 Å². The first-order valence-electron chi connectivity index (χ1n) is 7.42. The van der Waals surface area contributed by atoms with Gasteiger partial charge in [-0.1, -0.05) is 0 Å². The number of rotatable bonds is 5. The van der Waals surface area contributed by atoms with Crippen molar-refractivity contribution in [3.63, 3.8) is 0 Å². The van der Waals surface area contributed by atoms with E-state index in [2.05, 4.69) is 10.6 Å². The molecule has 1 aromatic rings. The monoisotopic (exact) mass is 333 g/mol. The molecular formula is C16H19N3O5. The maximum atomic E-state index is 12.3. The van der Waals surface area contributed by atoms with Gasteiger partial charge in [-0.15, -0.1) is 0 Å². The topological polar surface area (TPSA) is 105 Å². The van der Waals surface area contributed by atoms with Crippen LogP contribution in [0.5, 0.6) is 0 Å². The van der Waals surface area contributed by atoms with Crippen LogP contribution in [0.3, 0.4) is 0 Å². The molecule has 0 aromatic heterocycles. The standard InChI is InChI=1S/C16H19N3O5/c1-10(21)19-8-13(7-14(19)16(23)24-2)18-15(22)11-3-5-12(6-4-11)17-9-20/h3-6,9,13-14H,7-8H2,1-2H3,(H,17,20)(H,18,22)/t13?,14-/m0/s1. The zero-order valence-electron chi connectivity index (χ0n) is 13.4. The van der Waals surface area contributed by atoms with Gasteiger partial charge in [0.25, 0.3) is 5.91 Å². The second kappa shape index (κ2) is 7.58. The van der Waals surface area contributed by atoms with Crippen molar-refractivity contribution in [2.45, 2.75) is 25.4 Å². The van der Waals surface area contributed by atoms with Gasteiger partial charge in [-0.2, -0.15) is 0 Å². The number of anilines is 1. The predicted molar refractivity (Wildman–Crippen MR) is 85.2 cm³/mol. The SMILES string of the molecule is COC(=O)[C@@H]1CC(NC(=O)c2ccc(NC=O)cc2)CN1C(C)=O. The first-order chi connectivity index (χ1) is 11.5. The van der Waals surface area contributed by atoms with E-state index in [1.165, 1.54) is 18.9 Å². The van der Waals surface area contributed by atoms with Gasteiger partial charge in [-0.05, 0) is 24.3 Å². The number of carbonyl (C=O) groups excluding carboxylic acids is 4. The Hall–Kier alpha value is -2.90. The van der Waals surface area contributed by atoms with E-state index in [0.717, 1.165) is 0 Å². The van der Waals surface area contributed by atoms with Crippen LogP contribution in [-0.4, -0.2) is 54.8 Å². The number of hydrogen-bond acceptors (Lipinski definition) is 5. The molecule has 24 heavy (non-hydrogen) atoms. The Labute approximate surface area is 139 Å². The molecule has 0 spiro atoms. The molecule has 8 heteroatoms. The smallest absolute Gasteiger partial charge is 0.328 e. The normalized spacial score (nSPS) is 19.5. The number of methoxy groups -OCH3 is 1. The summed E-state index contributed by atoms with van der Waals surface area (Å²) >= 11 is 0. The Balaban J connectivity index is 2.02. The third-order valence-corrected chi connectivity index (χ3v) is 3.89. The lowest BCUT2D eigenvalue weighted by Crippen LogP contribution is -2.40. The van der Waals surface area contributed by atoms with Crippen LogP contribution in [-0.2, 0) is 19.1 Å². The van der Waals surface area contributed by atoms with Gasteiger partial charge in [0.05, 0.1) is 7.11 Å². The lowest BCUT2D eigenvalue weighted by Gasteiger charge is -2.20. The first kappa shape index (κ1) is 17.5. The second-order valence-electron chi connectivity index (χ2n) is 5.46. The third-order valence-electron chi connectivity index (χ3n) is 3.89. The Bertz CT molecular complexity index is 644. The van der Waals surface area contributed by atoms with Gasteiger partial charge in [0.15, 0.2) is 0 Å². The highest BCUT2D eigenvalue weighted by Gasteiger charge is 2.39. The summed E-state index contributed by atoms with van der Waals surface area (Å²) in [5.74, 6) is -1.05. The van der Waals surface area contributed by atoms with E-state index in [9.17, 15) is 19.2 Å². The molecule has 1 aliphatic heterocycles. The summed E-state index contributed by atoms with van der Waals surface area (Å²) in [6, 6.07) is 5.36. The molecule has 128 valence electrons. The van der Waals surface area contributed by atoms with Crippen molar-refractivity contribution in [2.24, 2.45) is 0 Å². The average molecular weight is 333 g/mol. The first-order valence-corrected chi connectivity index (χ1v) is 7.42. The molecule has 0 saturated carbocycles. The maximum absolute atomic E-state index is 12.3. The van der Waals surface area contributed by atoms with E-state index < -0.39 is 12.0 Å². The Morgan fingerprint density at radius 3 is 2.46 bits per heavy atom. The Morgan fingerprint density at radius 1 is 1.25 bits per heavy atom. The van der Waals surface area contributed by atoms with Crippen molar-refractivity contribution < 1.29 is 23.9 Å². The van der Waals surface area contributed by atoms with E-state index in [1.54, 1.807) is 24.3 Å². The lowest BCUT2D eigenvalue weighted by molar-refractivity contribution is -0.150. The number of ether oxygens (including phenoxy) is 1. The van der Waals surface area contributed by atoms with Gasteiger partial charge in [-0.3, -0.25) is 14.4 Å². The number of hydrogen-bond donors (Lipinski definition) is 2. The van der Waals surface area contributed by atoms with Gasteiger partial charge >= 0.3 is 5.97 Å². The van der Waals surface area contributed by atoms with Crippen LogP contribution in [0.2, 0.25) is 0 Å². The lowest BCUT2D eigenvalue weighted by atomic mass is 10.1. The number of nitrogens with zero attached hydrogens (tertiary/aromatic N) is 1. The van der Waals surface area contributed by atoms with Gasteiger partial charge < -0.3 is 20.3 Å². The minimum atomic E-state index is -0.683. The van der Waals surface area contributed by atoms with Crippen molar-refractivity contribution in [2.75, 3.05) is 19.0 Å². The molecule has 1 heterocycles. The summed E-state index contributed by atoms with van der Waals surface area (Å²) in [7, 11) is 1.27. The number of esters is 1. The quantitative estimate of drug-likeness (QED) is 0.589. The summed E-state index contributed by atoms with van der Waals surface area (Å²) in [4.78, 5) is 47.4. The summed E-state index contributed by atoms with van der Waals surface area (Å²) in [6.07, 6.45) is 0.861. The van der Waals surface area contributed by atoms with Crippen molar-refractivity contribution >= 4 is 29.9 Å². The molecule has 1 aliphatic rings. The highest BCUT2D eigenvalue weighted by Crippen LogP contribution is 2.20. The van der Waals surface area contributed by atoms with Gasteiger partial charge in [0.2, 0.25) is 12.3 Å². The van der Waals surface area contributed by atoms with Crippen LogP contribution in [0.25, 0.3) is 0 Å². The van der Waals surface area contributed by atoms with Crippen molar-refractivity contribution in [1.29, 1.82) is 0 Å². The number of carbonyl (C=O) groups is 4. The molecule has 2 rings (SSSR count). The Morgan fingerprint density at radius 2 is 1.92 bits per heavy atom. The molecule has 0 aliphatic carbocycles. The fourth-order valence-electron chi connectivity index (χ4n) is 2.70. The van der Waals surface area contributed by atoms with Crippen LogP contribution < -0.4 is 10.6 Å². The average Bonchev–Trinajstić information content (AvgIpc) is 2.99. The fraction of sp³-hybridized carbons (Fsp3) is 0.375. The van der Waals surface area contributed by atoms with Gasteiger partial charge in [-0.25, -0.2) is 4.79 Å². The van der Waals surface area contributed by atoms with Crippen molar-refractivity contribution in [3.8, 4) is 0 Å². The zero-order chi connectivity index (χ0) is 17.7. The largest absolute Gasteiger partial charge is 0.467 e. The van der Waals surface area contributed by atoms with Crippen molar-refractivity contribution in [3.05, 3.63) is 29.8 Å². The van der Waals surface area contributed by atoms with E-state index >= 15 is 0 Å². The van der Waals surface area contributed by atoms with Crippen molar-refractivity contribution in [1.82, 2.24) is 10.2 Å². The fourth-order valence-corrected chi connectivity index (χ4v) is 2.70. The van der Waals surface area contributed by atoms with Crippen LogP contribution in [0, 0.1) is 0 Å². The highest BCUT2D eigenvalue weighted by molar-refractivity contribution is 5.95. The van der Waals surface area contributed by atoms with Crippen LogP contribution in [0.15, 0.2) is 24.3 Å². The highest BCUT2D eigenvalue weighted by atomic mass is 16.5. The molecule has 3 amide bonds. The molecule has 1 unspecified atom stereocenters. The molecule has 0 radical (unpaired) electrons. The van der Waals surface area contributed by atoms with E-state index in [0.29, 0.717) is 24.1 Å². The van der Waals surface area contributed by atoms with E-state index in [-0.39, 0.29) is 24.4 Å². The minimum Gasteiger partial charge on any atom is -0.467 e. The molecule has 2 atom stereocenters. The Kier molecular flexibility index (Phi) is 5.51. The van der Waals surface area contributed by atoms with E-state index in [4.69, 9.17) is 4.74 Å². The summed E-state index contributed by atoms with van der Waals surface area (Å²) in [5.41, 5.74) is 0.998. The number of benzene rings is 1. The molecule has 1 aromatic carbocycles. The maximum Gasteiger partial charge on any atom is 0.328 e. The number of nitrogens with one attached hydrogen (secondary N) is 2. The summed E-state index contributed by atoms with van der Waals surface area (Å²) < 4.78 is 4.71. The van der Waals surface area contributed by atoms with Gasteiger partial charge in [0, 0.05) is 37.2 Å². The molecule has 1 saturated heterocycles. The zero-order valence-corrected chi connectivity index (χ0v) is 13.4.